The highest BCUT2D eigenvalue weighted by Gasteiger charge is 2.49. The summed E-state index contributed by atoms with van der Waals surface area (Å²) in [5.41, 5.74) is 5.54. The lowest BCUT2D eigenvalue weighted by molar-refractivity contribution is 0.287. The fourth-order valence-electron chi connectivity index (χ4n) is 4.87. The van der Waals surface area contributed by atoms with Crippen molar-refractivity contribution in [3.05, 3.63) is 53.6 Å². The van der Waals surface area contributed by atoms with Gasteiger partial charge in [-0.3, -0.25) is 4.40 Å². The van der Waals surface area contributed by atoms with Gasteiger partial charge in [0, 0.05) is 25.1 Å². The predicted molar refractivity (Wildman–Crippen MR) is 96.3 cm³/mol. The van der Waals surface area contributed by atoms with Crippen LogP contribution in [0.25, 0.3) is 5.78 Å². The zero-order valence-electron chi connectivity index (χ0n) is 14.5. The Labute approximate surface area is 142 Å². The second kappa shape index (κ2) is 4.88. The summed E-state index contributed by atoms with van der Waals surface area (Å²) in [5, 5.41) is 0. The van der Waals surface area contributed by atoms with E-state index in [2.05, 4.69) is 64.5 Å². The predicted octanol–water partition coefficient (Wildman–Crippen LogP) is 4.16. The van der Waals surface area contributed by atoms with Crippen LogP contribution in [0.2, 0.25) is 0 Å². The summed E-state index contributed by atoms with van der Waals surface area (Å²) in [6, 6.07) is 8.82. The third kappa shape index (κ3) is 1.71. The van der Waals surface area contributed by atoms with Gasteiger partial charge in [-0.1, -0.05) is 37.5 Å². The second-order valence-electron chi connectivity index (χ2n) is 7.45. The number of rotatable bonds is 1. The van der Waals surface area contributed by atoms with Crippen LogP contribution in [0.4, 0.5) is 5.69 Å². The van der Waals surface area contributed by atoms with E-state index in [1.54, 1.807) is 0 Å². The van der Waals surface area contributed by atoms with Crippen LogP contribution < -0.4 is 4.90 Å². The van der Waals surface area contributed by atoms with Crippen molar-refractivity contribution in [2.45, 2.75) is 51.1 Å². The summed E-state index contributed by atoms with van der Waals surface area (Å²) >= 11 is 0. The lowest BCUT2D eigenvalue weighted by atomic mass is 9.79. The van der Waals surface area contributed by atoms with Crippen LogP contribution >= 0.6 is 0 Å². The average molecular weight is 320 g/mol. The van der Waals surface area contributed by atoms with E-state index in [1.807, 2.05) is 0 Å². The summed E-state index contributed by atoms with van der Waals surface area (Å²) in [6.07, 6.45) is 10.7. The van der Waals surface area contributed by atoms with Gasteiger partial charge in [-0.2, -0.15) is 0 Å². The molecule has 0 amide bonds. The summed E-state index contributed by atoms with van der Waals surface area (Å²) < 4.78 is 4.43. The van der Waals surface area contributed by atoms with Gasteiger partial charge < -0.3 is 9.47 Å². The molecule has 24 heavy (non-hydrogen) atoms. The first-order valence-corrected chi connectivity index (χ1v) is 9.07. The van der Waals surface area contributed by atoms with Gasteiger partial charge in [0.1, 0.15) is 0 Å². The van der Waals surface area contributed by atoms with Gasteiger partial charge >= 0.3 is 0 Å². The number of fused-ring (bicyclic) bond motifs is 4. The Kier molecular flexibility index (Phi) is 2.88. The zero-order chi connectivity index (χ0) is 16.3. The molecule has 0 saturated heterocycles. The number of anilines is 1. The van der Waals surface area contributed by atoms with Gasteiger partial charge in [0.2, 0.25) is 5.78 Å². The van der Waals surface area contributed by atoms with Crippen LogP contribution in [0.3, 0.4) is 0 Å². The van der Waals surface area contributed by atoms with E-state index in [0.29, 0.717) is 0 Å². The van der Waals surface area contributed by atoms with Crippen LogP contribution in [0.1, 0.15) is 49.1 Å². The molecule has 1 fully saturated rings. The molecule has 0 N–H and O–H groups in total. The average Bonchev–Trinajstić information content (AvgIpc) is 3.22. The van der Waals surface area contributed by atoms with Gasteiger partial charge in [-0.15, -0.1) is 0 Å². The number of hydrogen-bond donors (Lipinski definition) is 0. The molecule has 3 heterocycles. The Morgan fingerprint density at radius 2 is 1.83 bits per heavy atom. The summed E-state index contributed by atoms with van der Waals surface area (Å²) in [7, 11) is 2.09. The number of benzene rings is 1. The molecule has 0 bridgehead atoms. The van der Waals surface area contributed by atoms with E-state index >= 15 is 0 Å². The highest BCUT2D eigenvalue weighted by atomic mass is 15.3. The van der Waals surface area contributed by atoms with Crippen molar-refractivity contribution in [2.75, 3.05) is 4.90 Å². The van der Waals surface area contributed by atoms with Crippen molar-refractivity contribution in [1.29, 1.82) is 0 Å². The van der Waals surface area contributed by atoms with E-state index in [0.717, 1.165) is 12.3 Å². The van der Waals surface area contributed by atoms with Crippen molar-refractivity contribution < 1.29 is 0 Å². The van der Waals surface area contributed by atoms with Gasteiger partial charge in [0.05, 0.1) is 23.5 Å². The summed E-state index contributed by atoms with van der Waals surface area (Å²) in [5.74, 6) is 1.08. The molecule has 1 spiro atoms. The molecule has 0 unspecified atom stereocenters. The first kappa shape index (κ1) is 14.1. The van der Waals surface area contributed by atoms with Gasteiger partial charge in [0.25, 0.3) is 0 Å². The molecule has 4 nitrogen and oxygen atoms in total. The van der Waals surface area contributed by atoms with Crippen molar-refractivity contribution in [3.8, 4) is 0 Å². The zero-order valence-corrected chi connectivity index (χ0v) is 14.5. The molecule has 2 aliphatic rings. The smallest absolute Gasteiger partial charge is 0.214 e. The molecule has 124 valence electrons. The molecule has 3 aromatic rings. The van der Waals surface area contributed by atoms with E-state index in [1.165, 1.54) is 54.7 Å². The number of aryl methyl sites for hydroxylation is 2. The second-order valence-corrected chi connectivity index (χ2v) is 7.45. The third-order valence-electron chi connectivity index (χ3n) is 6.10. The van der Waals surface area contributed by atoms with Crippen molar-refractivity contribution in [1.82, 2.24) is 14.0 Å². The molecule has 2 aromatic heterocycles. The third-order valence-corrected chi connectivity index (χ3v) is 6.10. The number of nitrogens with zero attached hydrogens (tertiary/aromatic N) is 4. The minimum absolute atomic E-state index is 0.0890. The first-order chi connectivity index (χ1) is 11.7. The fourth-order valence-corrected chi connectivity index (χ4v) is 4.87. The van der Waals surface area contributed by atoms with Crippen molar-refractivity contribution in [3.63, 3.8) is 0 Å². The topological polar surface area (TPSA) is 25.5 Å². The molecule has 1 saturated carbocycles. The SMILES string of the molecule is Cc1ccccc1N1Cc2c(nc3n(C)ccn23)C12CCCCC2. The highest BCUT2D eigenvalue weighted by molar-refractivity contribution is 5.61. The quantitative estimate of drug-likeness (QED) is 0.673. The minimum atomic E-state index is 0.0890. The lowest BCUT2D eigenvalue weighted by Crippen LogP contribution is -2.43. The number of aromatic nitrogens is 3. The maximum atomic E-state index is 5.12. The van der Waals surface area contributed by atoms with Crippen LogP contribution in [-0.2, 0) is 19.1 Å². The van der Waals surface area contributed by atoms with Crippen LogP contribution in [0.5, 0.6) is 0 Å². The number of para-hydroxylation sites is 1. The molecule has 1 aliphatic carbocycles. The fraction of sp³-hybridized carbons (Fsp3) is 0.450. The molecule has 5 rings (SSSR count). The Morgan fingerprint density at radius 1 is 1.04 bits per heavy atom. The maximum absolute atomic E-state index is 5.12. The minimum Gasteiger partial charge on any atom is -0.354 e. The summed E-state index contributed by atoms with van der Waals surface area (Å²) in [6.45, 7) is 3.19. The number of imidazole rings is 2. The molecule has 0 radical (unpaired) electrons. The molecule has 4 heteroatoms. The number of hydrogen-bond acceptors (Lipinski definition) is 2. The first-order valence-electron chi connectivity index (χ1n) is 9.07. The van der Waals surface area contributed by atoms with E-state index < -0.39 is 0 Å². The van der Waals surface area contributed by atoms with Crippen LogP contribution in [0, 0.1) is 6.92 Å². The monoisotopic (exact) mass is 320 g/mol. The Hall–Kier alpha value is -2.23. The van der Waals surface area contributed by atoms with Gasteiger partial charge in [0.15, 0.2) is 0 Å². The summed E-state index contributed by atoms with van der Waals surface area (Å²) in [4.78, 5) is 7.77. The lowest BCUT2D eigenvalue weighted by Gasteiger charge is -2.43. The standard InChI is InChI=1S/C20H24N4/c1-15-8-4-5-9-16(15)24-14-17-18(20(24)10-6-3-7-11-20)21-19-22(2)12-13-23(17)19/h4-5,8-9,12-13H,3,6-7,10-11,14H2,1-2H3. The van der Waals surface area contributed by atoms with Crippen molar-refractivity contribution >= 4 is 11.5 Å². The molecule has 1 aliphatic heterocycles. The van der Waals surface area contributed by atoms with E-state index in [-0.39, 0.29) is 5.54 Å². The Balaban J connectivity index is 1.73. The van der Waals surface area contributed by atoms with Gasteiger partial charge in [-0.25, -0.2) is 4.98 Å². The van der Waals surface area contributed by atoms with Gasteiger partial charge in [-0.05, 0) is 31.4 Å². The van der Waals surface area contributed by atoms with Crippen molar-refractivity contribution in [2.24, 2.45) is 7.05 Å². The molecular formula is C20H24N4. The highest BCUT2D eigenvalue weighted by Crippen LogP contribution is 2.50. The van der Waals surface area contributed by atoms with Crippen LogP contribution in [-0.4, -0.2) is 14.0 Å². The van der Waals surface area contributed by atoms with E-state index in [4.69, 9.17) is 4.98 Å². The van der Waals surface area contributed by atoms with E-state index in [9.17, 15) is 0 Å². The normalized spacial score (nSPS) is 19.3. The molecule has 1 aromatic carbocycles. The maximum Gasteiger partial charge on any atom is 0.214 e. The molecular weight excluding hydrogens is 296 g/mol. The largest absolute Gasteiger partial charge is 0.354 e. The Morgan fingerprint density at radius 3 is 2.62 bits per heavy atom. The Bertz CT molecular complexity index is 911. The molecule has 0 atom stereocenters. The van der Waals surface area contributed by atoms with Crippen LogP contribution in [0.15, 0.2) is 36.7 Å².